The summed E-state index contributed by atoms with van der Waals surface area (Å²) in [6.07, 6.45) is 3.79. The maximum Gasteiger partial charge on any atom is 0.119 e. The molecule has 1 aromatic rings. The van der Waals surface area contributed by atoms with Crippen molar-refractivity contribution in [2.75, 3.05) is 33.4 Å². The van der Waals surface area contributed by atoms with Crippen LogP contribution < -0.4 is 10.5 Å². The lowest BCUT2D eigenvalue weighted by molar-refractivity contribution is 0.0299. The summed E-state index contributed by atoms with van der Waals surface area (Å²) in [5.41, 5.74) is 6.47. The summed E-state index contributed by atoms with van der Waals surface area (Å²) in [4.78, 5) is 2.85. The number of likely N-dealkylation sites (tertiary alicyclic amines) is 1. The van der Waals surface area contributed by atoms with Gasteiger partial charge >= 0.3 is 0 Å². The maximum atomic E-state index is 5.77. The van der Waals surface area contributed by atoms with Crippen molar-refractivity contribution in [2.24, 2.45) is 5.73 Å². The van der Waals surface area contributed by atoms with E-state index in [0.29, 0.717) is 17.7 Å². The third kappa shape index (κ3) is 5.26. The van der Waals surface area contributed by atoms with Gasteiger partial charge in [-0.1, -0.05) is 24.4 Å². The van der Waals surface area contributed by atoms with Crippen molar-refractivity contribution in [1.29, 1.82) is 0 Å². The number of methoxy groups -OCH3 is 1. The molecule has 0 radical (unpaired) electrons. The van der Waals surface area contributed by atoms with E-state index in [2.05, 4.69) is 4.90 Å². The highest BCUT2D eigenvalue weighted by molar-refractivity contribution is 7.80. The molecular formula is C16H24N2O2S. The van der Waals surface area contributed by atoms with Gasteiger partial charge in [-0.15, -0.1) is 0 Å². The SMILES string of the molecule is COC1CCCN(CCCOc2cccc(C(N)=S)c2)C1. The van der Waals surface area contributed by atoms with E-state index in [4.69, 9.17) is 27.4 Å². The highest BCUT2D eigenvalue weighted by Crippen LogP contribution is 2.15. The molecule has 1 saturated heterocycles. The number of hydrogen-bond donors (Lipinski definition) is 1. The van der Waals surface area contributed by atoms with Gasteiger partial charge in [-0.05, 0) is 37.9 Å². The van der Waals surface area contributed by atoms with Crippen LogP contribution in [0.3, 0.4) is 0 Å². The Labute approximate surface area is 132 Å². The molecule has 2 N–H and O–H groups in total. The molecular weight excluding hydrogens is 284 g/mol. The molecule has 0 saturated carbocycles. The van der Waals surface area contributed by atoms with E-state index in [1.807, 2.05) is 24.3 Å². The first kappa shape index (κ1) is 16.2. The van der Waals surface area contributed by atoms with E-state index < -0.39 is 0 Å². The zero-order valence-corrected chi connectivity index (χ0v) is 13.4. The Hall–Kier alpha value is -1.17. The fourth-order valence-electron chi connectivity index (χ4n) is 2.63. The van der Waals surface area contributed by atoms with E-state index in [1.165, 1.54) is 12.8 Å². The number of benzene rings is 1. The number of piperidine rings is 1. The maximum absolute atomic E-state index is 5.77. The quantitative estimate of drug-likeness (QED) is 0.618. The zero-order chi connectivity index (χ0) is 15.1. The van der Waals surface area contributed by atoms with Gasteiger partial charge in [-0.25, -0.2) is 0 Å². The van der Waals surface area contributed by atoms with Crippen LogP contribution in [0.15, 0.2) is 24.3 Å². The summed E-state index contributed by atoms with van der Waals surface area (Å²) in [5.74, 6) is 0.828. The van der Waals surface area contributed by atoms with Crippen LogP contribution in [0, 0.1) is 0 Å². The summed E-state index contributed by atoms with van der Waals surface area (Å²) in [7, 11) is 1.80. The predicted octanol–water partition coefficient (Wildman–Crippen LogP) is 2.20. The summed E-state index contributed by atoms with van der Waals surface area (Å²) in [6, 6.07) is 7.64. The number of nitrogens with two attached hydrogens (primary N) is 1. The Bertz CT molecular complexity index is 467. The van der Waals surface area contributed by atoms with Gasteiger partial charge in [0.25, 0.3) is 0 Å². The first-order chi connectivity index (χ1) is 10.2. The van der Waals surface area contributed by atoms with Gasteiger partial charge in [0.15, 0.2) is 0 Å². The van der Waals surface area contributed by atoms with Crippen LogP contribution in [0.2, 0.25) is 0 Å². The third-order valence-electron chi connectivity index (χ3n) is 3.80. The molecule has 0 aromatic heterocycles. The average molecular weight is 308 g/mol. The molecule has 0 bridgehead atoms. The van der Waals surface area contributed by atoms with Gasteiger partial charge in [-0.3, -0.25) is 0 Å². The number of hydrogen-bond acceptors (Lipinski definition) is 4. The van der Waals surface area contributed by atoms with Crippen LogP contribution in [0.1, 0.15) is 24.8 Å². The first-order valence-corrected chi connectivity index (χ1v) is 7.87. The van der Waals surface area contributed by atoms with E-state index in [-0.39, 0.29) is 0 Å². The highest BCUT2D eigenvalue weighted by atomic mass is 32.1. The van der Waals surface area contributed by atoms with Crippen LogP contribution in [-0.2, 0) is 4.74 Å². The number of thiocarbonyl (C=S) groups is 1. The largest absolute Gasteiger partial charge is 0.494 e. The van der Waals surface area contributed by atoms with Gasteiger partial charge < -0.3 is 20.1 Å². The zero-order valence-electron chi connectivity index (χ0n) is 12.6. The van der Waals surface area contributed by atoms with Crippen LogP contribution in [0.5, 0.6) is 5.75 Å². The van der Waals surface area contributed by atoms with E-state index in [1.54, 1.807) is 7.11 Å². The second-order valence-electron chi connectivity index (χ2n) is 5.39. The lowest BCUT2D eigenvalue weighted by Gasteiger charge is -2.31. The molecule has 1 aromatic carbocycles. The van der Waals surface area contributed by atoms with Crippen molar-refractivity contribution in [3.05, 3.63) is 29.8 Å². The second-order valence-corrected chi connectivity index (χ2v) is 5.83. The van der Waals surface area contributed by atoms with E-state index >= 15 is 0 Å². The van der Waals surface area contributed by atoms with Crippen molar-refractivity contribution in [2.45, 2.75) is 25.4 Å². The molecule has 2 rings (SSSR count). The molecule has 1 aliphatic rings. The van der Waals surface area contributed by atoms with E-state index in [9.17, 15) is 0 Å². The molecule has 1 unspecified atom stereocenters. The second kappa shape index (κ2) is 8.32. The van der Waals surface area contributed by atoms with Crippen molar-refractivity contribution in [3.8, 4) is 5.75 Å². The number of rotatable bonds is 7. The summed E-state index contributed by atoms with van der Waals surface area (Å²) in [5, 5.41) is 0. The van der Waals surface area contributed by atoms with Crippen molar-refractivity contribution in [1.82, 2.24) is 4.90 Å². The topological polar surface area (TPSA) is 47.7 Å². The van der Waals surface area contributed by atoms with Gasteiger partial charge in [0.05, 0.1) is 12.7 Å². The van der Waals surface area contributed by atoms with Gasteiger partial charge in [0.1, 0.15) is 10.7 Å². The van der Waals surface area contributed by atoms with Gasteiger partial charge in [0.2, 0.25) is 0 Å². The smallest absolute Gasteiger partial charge is 0.119 e. The van der Waals surface area contributed by atoms with Crippen LogP contribution in [-0.4, -0.2) is 49.3 Å². The lowest BCUT2D eigenvalue weighted by Crippen LogP contribution is -2.40. The van der Waals surface area contributed by atoms with Crippen LogP contribution in [0.4, 0.5) is 0 Å². The monoisotopic (exact) mass is 308 g/mol. The minimum Gasteiger partial charge on any atom is -0.494 e. The Morgan fingerprint density at radius 2 is 2.33 bits per heavy atom. The van der Waals surface area contributed by atoms with Crippen molar-refractivity contribution >= 4 is 17.2 Å². The van der Waals surface area contributed by atoms with Crippen molar-refractivity contribution < 1.29 is 9.47 Å². The Morgan fingerprint density at radius 1 is 1.48 bits per heavy atom. The molecule has 1 heterocycles. The molecule has 1 atom stereocenters. The molecule has 0 aliphatic carbocycles. The average Bonchev–Trinajstić information content (AvgIpc) is 2.52. The minimum absolute atomic E-state index is 0.391. The molecule has 5 heteroatoms. The van der Waals surface area contributed by atoms with Crippen LogP contribution in [0.25, 0.3) is 0 Å². The molecule has 21 heavy (non-hydrogen) atoms. The van der Waals surface area contributed by atoms with Crippen LogP contribution >= 0.6 is 12.2 Å². The van der Waals surface area contributed by atoms with Gasteiger partial charge in [0, 0.05) is 25.8 Å². The number of nitrogens with zero attached hydrogens (tertiary/aromatic N) is 1. The summed E-state index contributed by atoms with van der Waals surface area (Å²) < 4.78 is 11.2. The standard InChI is InChI=1S/C16H24N2O2S/c1-19-15-7-3-8-18(12-15)9-4-10-20-14-6-2-5-13(11-14)16(17)21/h2,5-6,11,15H,3-4,7-10,12H2,1H3,(H2,17,21). The molecule has 1 aliphatic heterocycles. The van der Waals surface area contributed by atoms with E-state index in [0.717, 1.165) is 37.4 Å². The fraction of sp³-hybridized carbons (Fsp3) is 0.562. The third-order valence-corrected chi connectivity index (χ3v) is 4.04. The fourth-order valence-corrected chi connectivity index (χ4v) is 2.75. The minimum atomic E-state index is 0.391. The Kier molecular flexibility index (Phi) is 6.42. The molecule has 0 amide bonds. The highest BCUT2D eigenvalue weighted by Gasteiger charge is 2.18. The first-order valence-electron chi connectivity index (χ1n) is 7.47. The molecule has 0 spiro atoms. The predicted molar refractivity (Wildman–Crippen MR) is 88.9 cm³/mol. The van der Waals surface area contributed by atoms with Gasteiger partial charge in [-0.2, -0.15) is 0 Å². The summed E-state index contributed by atoms with van der Waals surface area (Å²) >= 11 is 4.97. The van der Waals surface area contributed by atoms with Crippen molar-refractivity contribution in [3.63, 3.8) is 0 Å². The molecule has 4 nitrogen and oxygen atoms in total. The number of ether oxygens (including phenoxy) is 2. The summed E-state index contributed by atoms with van der Waals surface area (Å²) in [6.45, 7) is 3.95. The Morgan fingerprint density at radius 3 is 3.10 bits per heavy atom. The molecule has 116 valence electrons. The Balaban J connectivity index is 1.70. The normalized spacial score (nSPS) is 19.4. The lowest BCUT2D eigenvalue weighted by atomic mass is 10.1. The molecule has 1 fully saturated rings.